The average molecular weight is 341 g/mol. The lowest BCUT2D eigenvalue weighted by molar-refractivity contribution is -0.142. The van der Waals surface area contributed by atoms with Crippen LogP contribution in [0.1, 0.15) is 23.6 Å². The van der Waals surface area contributed by atoms with Gasteiger partial charge in [-0.2, -0.15) is 0 Å². The van der Waals surface area contributed by atoms with E-state index in [1.54, 1.807) is 55.5 Å². The van der Waals surface area contributed by atoms with Gasteiger partial charge in [0.1, 0.15) is 0 Å². The number of anilines is 1. The van der Waals surface area contributed by atoms with Crippen LogP contribution in [0.2, 0.25) is 0 Å². The summed E-state index contributed by atoms with van der Waals surface area (Å²) in [7, 11) is 1.74. The number of ether oxygens (including phenoxy) is 1. The van der Waals surface area contributed by atoms with Crippen LogP contribution in [-0.4, -0.2) is 35.5 Å². The van der Waals surface area contributed by atoms with Gasteiger partial charge in [0.15, 0.2) is 0 Å². The van der Waals surface area contributed by atoms with Crippen molar-refractivity contribution in [2.24, 2.45) is 0 Å². The van der Waals surface area contributed by atoms with Crippen molar-refractivity contribution in [1.29, 1.82) is 0 Å². The summed E-state index contributed by atoms with van der Waals surface area (Å²) >= 11 is 0. The number of carbonyl (C=O) groups excluding carboxylic acids is 2. The van der Waals surface area contributed by atoms with Gasteiger partial charge < -0.3 is 15.0 Å². The van der Waals surface area contributed by atoms with Crippen molar-refractivity contribution in [2.75, 3.05) is 19.0 Å². The molecule has 0 saturated heterocycles. The normalized spacial score (nSPS) is 10.2. The van der Waals surface area contributed by atoms with Crippen molar-refractivity contribution in [1.82, 2.24) is 9.88 Å². The molecule has 0 saturated carbocycles. The van der Waals surface area contributed by atoms with Gasteiger partial charge in [0.2, 0.25) is 0 Å². The van der Waals surface area contributed by atoms with Crippen LogP contribution in [0.4, 0.5) is 10.5 Å². The van der Waals surface area contributed by atoms with E-state index in [9.17, 15) is 9.59 Å². The molecule has 1 aromatic heterocycles. The molecule has 0 bridgehead atoms. The maximum atomic E-state index is 12.3. The molecule has 2 aromatic rings. The number of esters is 1. The third kappa shape index (κ3) is 5.60. The zero-order valence-corrected chi connectivity index (χ0v) is 14.8. The largest absolute Gasteiger partial charge is 0.466 e. The highest BCUT2D eigenvalue weighted by Gasteiger charge is 2.11. The molecule has 0 aliphatic rings. The highest BCUT2D eigenvalue weighted by atomic mass is 16.5. The Morgan fingerprint density at radius 3 is 2.56 bits per heavy atom. The fourth-order valence-corrected chi connectivity index (χ4v) is 2.31. The number of amides is 2. The molecular weight excluding hydrogens is 318 g/mol. The summed E-state index contributed by atoms with van der Waals surface area (Å²) in [5, 5.41) is 2.84. The van der Waals surface area contributed by atoms with Gasteiger partial charge in [-0.1, -0.05) is 12.1 Å². The van der Waals surface area contributed by atoms with Crippen LogP contribution in [-0.2, 0) is 22.5 Å². The van der Waals surface area contributed by atoms with Gasteiger partial charge in [-0.05, 0) is 48.7 Å². The molecule has 0 unspecified atom stereocenters. The van der Waals surface area contributed by atoms with E-state index in [1.165, 1.54) is 0 Å². The van der Waals surface area contributed by atoms with E-state index >= 15 is 0 Å². The van der Waals surface area contributed by atoms with Gasteiger partial charge in [-0.25, -0.2) is 4.79 Å². The van der Waals surface area contributed by atoms with Crippen molar-refractivity contribution in [2.45, 2.75) is 26.8 Å². The van der Waals surface area contributed by atoms with Gasteiger partial charge in [-0.15, -0.1) is 0 Å². The summed E-state index contributed by atoms with van der Waals surface area (Å²) in [6.07, 6.45) is 3.73. The zero-order valence-electron chi connectivity index (χ0n) is 14.8. The second-order valence-electron chi connectivity index (χ2n) is 5.77. The van der Waals surface area contributed by atoms with Gasteiger partial charge in [0, 0.05) is 31.7 Å². The first-order valence-electron chi connectivity index (χ1n) is 8.15. The number of aryl methyl sites for hydroxylation is 1. The number of rotatable bonds is 6. The van der Waals surface area contributed by atoms with Crippen LogP contribution in [0.3, 0.4) is 0 Å². The average Bonchev–Trinajstić information content (AvgIpc) is 2.59. The molecule has 1 aromatic carbocycles. The molecule has 0 atom stereocenters. The number of aromatic nitrogens is 1. The molecule has 0 fully saturated rings. The second-order valence-corrected chi connectivity index (χ2v) is 5.77. The van der Waals surface area contributed by atoms with Crippen LogP contribution in [0, 0.1) is 6.92 Å². The van der Waals surface area contributed by atoms with E-state index in [2.05, 4.69) is 10.3 Å². The Hall–Kier alpha value is -2.89. The molecule has 132 valence electrons. The third-order valence-electron chi connectivity index (χ3n) is 3.75. The van der Waals surface area contributed by atoms with Crippen molar-refractivity contribution in [3.63, 3.8) is 0 Å². The second kappa shape index (κ2) is 8.82. The standard InChI is InChI=1S/C19H23N3O3/c1-4-25-18(23)11-15-5-7-17(8-6-15)21-19(24)22(3)13-16-9-10-20-12-14(16)2/h5-10,12H,4,11,13H2,1-3H3,(H,21,24). The predicted molar refractivity (Wildman–Crippen MR) is 96.2 cm³/mol. The van der Waals surface area contributed by atoms with Gasteiger partial charge in [-0.3, -0.25) is 9.78 Å². The van der Waals surface area contributed by atoms with E-state index in [0.717, 1.165) is 16.7 Å². The van der Waals surface area contributed by atoms with Gasteiger partial charge in [0.05, 0.1) is 13.0 Å². The summed E-state index contributed by atoms with van der Waals surface area (Å²) in [6, 6.07) is 8.87. The molecule has 2 amide bonds. The lowest BCUT2D eigenvalue weighted by Crippen LogP contribution is -2.31. The van der Waals surface area contributed by atoms with Crippen molar-refractivity contribution < 1.29 is 14.3 Å². The number of nitrogens with one attached hydrogen (secondary N) is 1. The molecule has 0 radical (unpaired) electrons. The van der Waals surface area contributed by atoms with Crippen LogP contribution in [0.25, 0.3) is 0 Å². The van der Waals surface area contributed by atoms with E-state index in [0.29, 0.717) is 18.8 Å². The molecule has 0 aliphatic carbocycles. The van der Waals surface area contributed by atoms with Crippen LogP contribution in [0.5, 0.6) is 0 Å². The van der Waals surface area contributed by atoms with Crippen LogP contribution >= 0.6 is 0 Å². The quantitative estimate of drug-likeness (QED) is 0.819. The molecule has 6 heteroatoms. The Morgan fingerprint density at radius 2 is 1.92 bits per heavy atom. The molecule has 0 spiro atoms. The number of urea groups is 1. The highest BCUT2D eigenvalue weighted by molar-refractivity contribution is 5.89. The van der Waals surface area contributed by atoms with Crippen molar-refractivity contribution in [3.8, 4) is 0 Å². The SMILES string of the molecule is CCOC(=O)Cc1ccc(NC(=O)N(C)Cc2ccncc2C)cc1. The maximum Gasteiger partial charge on any atom is 0.321 e. The smallest absolute Gasteiger partial charge is 0.321 e. The maximum absolute atomic E-state index is 12.3. The van der Waals surface area contributed by atoms with Gasteiger partial charge >= 0.3 is 12.0 Å². The lowest BCUT2D eigenvalue weighted by atomic mass is 10.1. The summed E-state index contributed by atoms with van der Waals surface area (Å²) in [5.41, 5.74) is 3.62. The van der Waals surface area contributed by atoms with Crippen LogP contribution < -0.4 is 5.32 Å². The first kappa shape index (κ1) is 18.4. The number of nitrogens with zero attached hydrogens (tertiary/aromatic N) is 2. The van der Waals surface area contributed by atoms with E-state index in [4.69, 9.17) is 4.74 Å². The number of pyridine rings is 1. The minimum absolute atomic E-state index is 0.200. The summed E-state index contributed by atoms with van der Waals surface area (Å²) in [5.74, 6) is -0.258. The van der Waals surface area contributed by atoms with Crippen molar-refractivity contribution in [3.05, 3.63) is 59.4 Å². The molecule has 0 aliphatic heterocycles. The van der Waals surface area contributed by atoms with Gasteiger partial charge in [0.25, 0.3) is 0 Å². The summed E-state index contributed by atoms with van der Waals surface area (Å²) in [4.78, 5) is 29.4. The lowest BCUT2D eigenvalue weighted by Gasteiger charge is -2.19. The number of carbonyl (C=O) groups is 2. The van der Waals surface area contributed by atoms with E-state index in [-0.39, 0.29) is 18.4 Å². The first-order chi connectivity index (χ1) is 12.0. The minimum Gasteiger partial charge on any atom is -0.466 e. The zero-order chi connectivity index (χ0) is 18.2. The number of hydrogen-bond donors (Lipinski definition) is 1. The number of hydrogen-bond acceptors (Lipinski definition) is 4. The Kier molecular flexibility index (Phi) is 6.51. The summed E-state index contributed by atoms with van der Waals surface area (Å²) < 4.78 is 4.92. The minimum atomic E-state index is -0.258. The fraction of sp³-hybridized carbons (Fsp3) is 0.316. The third-order valence-corrected chi connectivity index (χ3v) is 3.75. The van der Waals surface area contributed by atoms with E-state index in [1.807, 2.05) is 13.0 Å². The van der Waals surface area contributed by atoms with E-state index < -0.39 is 0 Å². The highest BCUT2D eigenvalue weighted by Crippen LogP contribution is 2.13. The first-order valence-corrected chi connectivity index (χ1v) is 8.15. The van der Waals surface area contributed by atoms with Crippen molar-refractivity contribution >= 4 is 17.7 Å². The molecule has 2 rings (SSSR count). The van der Waals surface area contributed by atoms with Crippen LogP contribution in [0.15, 0.2) is 42.7 Å². The predicted octanol–water partition coefficient (Wildman–Crippen LogP) is 3.16. The fourth-order valence-electron chi connectivity index (χ4n) is 2.31. The summed E-state index contributed by atoms with van der Waals surface area (Å²) in [6.45, 7) is 4.62. The number of benzene rings is 1. The Morgan fingerprint density at radius 1 is 1.20 bits per heavy atom. The Labute approximate surface area is 147 Å². The Bertz CT molecular complexity index is 729. The topological polar surface area (TPSA) is 71.5 Å². The monoisotopic (exact) mass is 341 g/mol. The molecule has 25 heavy (non-hydrogen) atoms. The Balaban J connectivity index is 1.91. The molecule has 6 nitrogen and oxygen atoms in total. The molecule has 1 heterocycles. The molecule has 1 N–H and O–H groups in total. The molecular formula is C19H23N3O3.